The van der Waals surface area contributed by atoms with Crippen LogP contribution >= 0.6 is 0 Å². The molecule has 0 saturated carbocycles. The minimum atomic E-state index is -1.43. The maximum absolute atomic E-state index is 11.3. The average molecular weight is 271 g/mol. The van der Waals surface area contributed by atoms with E-state index in [9.17, 15) is 19.7 Å². The molecule has 0 aliphatic heterocycles. The number of carbonyl (C=O) groups excluding carboxylic acids is 2. The first kappa shape index (κ1) is 14.6. The molecule has 0 saturated heterocycles. The van der Waals surface area contributed by atoms with Crippen LogP contribution in [-0.4, -0.2) is 44.0 Å². The Balaban J connectivity index is 2.33. The summed E-state index contributed by atoms with van der Waals surface area (Å²) in [6, 6.07) is 0. The molecule has 0 fully saturated rings. The minimum absolute atomic E-state index is 0.0268. The second-order valence-corrected chi connectivity index (χ2v) is 3.70. The third kappa shape index (κ3) is 4.71. The molecule has 1 heterocycles. The quantitative estimate of drug-likeness (QED) is 0.390. The summed E-state index contributed by atoms with van der Waals surface area (Å²) in [6.07, 6.45) is 1.03. The molecule has 19 heavy (non-hydrogen) atoms. The standard InChI is InChI=1S/C9H13N5O5/c10-9(17)6(15)3-11-8(16)1-2-13-4-7(12-5-13)14(18)19/h4-6,15H,1-3H2,(H2,10,17)(H,11,16). The molecule has 1 aromatic rings. The molecule has 4 N–H and O–H groups in total. The molecule has 10 heteroatoms. The van der Waals surface area contributed by atoms with Gasteiger partial charge in [-0.3, -0.25) is 9.59 Å². The number of hydrogen-bond acceptors (Lipinski definition) is 6. The highest BCUT2D eigenvalue weighted by Crippen LogP contribution is 2.05. The number of aromatic nitrogens is 2. The number of nitrogens with two attached hydrogens (primary N) is 1. The lowest BCUT2D eigenvalue weighted by molar-refractivity contribution is -0.389. The number of nitrogens with zero attached hydrogens (tertiary/aromatic N) is 3. The van der Waals surface area contributed by atoms with Gasteiger partial charge >= 0.3 is 5.82 Å². The van der Waals surface area contributed by atoms with Crippen molar-refractivity contribution in [2.24, 2.45) is 5.73 Å². The fourth-order valence-electron chi connectivity index (χ4n) is 1.19. The van der Waals surface area contributed by atoms with Crippen molar-refractivity contribution in [2.45, 2.75) is 19.1 Å². The van der Waals surface area contributed by atoms with Gasteiger partial charge in [0.2, 0.25) is 18.1 Å². The third-order valence-corrected chi connectivity index (χ3v) is 2.22. The van der Waals surface area contributed by atoms with Crippen LogP contribution in [0.4, 0.5) is 5.82 Å². The molecule has 1 aromatic heterocycles. The van der Waals surface area contributed by atoms with E-state index in [1.807, 2.05) is 0 Å². The summed E-state index contributed by atoms with van der Waals surface area (Å²) in [7, 11) is 0. The first-order valence-corrected chi connectivity index (χ1v) is 5.30. The number of nitro groups is 1. The fraction of sp³-hybridized carbons (Fsp3) is 0.444. The Bertz CT molecular complexity index is 485. The lowest BCUT2D eigenvalue weighted by atomic mass is 10.3. The van der Waals surface area contributed by atoms with E-state index in [1.54, 1.807) is 0 Å². The number of hydrogen-bond donors (Lipinski definition) is 3. The molecule has 0 bridgehead atoms. The largest absolute Gasteiger partial charge is 0.381 e. The minimum Gasteiger partial charge on any atom is -0.381 e. The Morgan fingerprint density at radius 2 is 2.32 bits per heavy atom. The van der Waals surface area contributed by atoms with Crippen molar-refractivity contribution in [3.63, 3.8) is 0 Å². The van der Waals surface area contributed by atoms with Crippen LogP contribution < -0.4 is 11.1 Å². The number of imidazole rings is 1. The van der Waals surface area contributed by atoms with Crippen LogP contribution in [0.3, 0.4) is 0 Å². The number of amides is 2. The molecule has 0 spiro atoms. The molecule has 104 valence electrons. The smallest absolute Gasteiger partial charge is 0.381 e. The van der Waals surface area contributed by atoms with Crippen LogP contribution in [0.5, 0.6) is 0 Å². The number of rotatable bonds is 7. The van der Waals surface area contributed by atoms with E-state index < -0.39 is 22.8 Å². The van der Waals surface area contributed by atoms with E-state index in [0.717, 1.165) is 0 Å². The van der Waals surface area contributed by atoms with Crippen molar-refractivity contribution in [1.29, 1.82) is 0 Å². The van der Waals surface area contributed by atoms with Gasteiger partial charge in [-0.2, -0.15) is 0 Å². The Morgan fingerprint density at radius 3 is 2.84 bits per heavy atom. The highest BCUT2D eigenvalue weighted by atomic mass is 16.6. The summed E-state index contributed by atoms with van der Waals surface area (Å²) in [5.74, 6) is -1.65. The van der Waals surface area contributed by atoms with Crippen molar-refractivity contribution in [3.8, 4) is 0 Å². The second kappa shape index (κ2) is 6.44. The first-order chi connectivity index (χ1) is 8.90. The Morgan fingerprint density at radius 1 is 1.63 bits per heavy atom. The molecule has 10 nitrogen and oxygen atoms in total. The topological polar surface area (TPSA) is 153 Å². The van der Waals surface area contributed by atoms with Crippen LogP contribution in [0.15, 0.2) is 12.5 Å². The summed E-state index contributed by atoms with van der Waals surface area (Å²) in [5, 5.41) is 21.7. The predicted octanol–water partition coefficient (Wildman–Crippen LogP) is -1.86. The van der Waals surface area contributed by atoms with Crippen LogP contribution in [0.2, 0.25) is 0 Å². The first-order valence-electron chi connectivity index (χ1n) is 5.30. The molecule has 1 unspecified atom stereocenters. The van der Waals surface area contributed by atoms with Crippen molar-refractivity contribution < 1.29 is 19.6 Å². The fourth-order valence-corrected chi connectivity index (χ4v) is 1.19. The number of primary amides is 1. The van der Waals surface area contributed by atoms with Gasteiger partial charge in [0.05, 0.1) is 6.54 Å². The van der Waals surface area contributed by atoms with Crippen LogP contribution in [0.25, 0.3) is 0 Å². The van der Waals surface area contributed by atoms with Gasteiger partial charge in [0.15, 0.2) is 0 Å². The summed E-state index contributed by atoms with van der Waals surface area (Å²) in [4.78, 5) is 35.1. The molecule has 2 amide bonds. The van der Waals surface area contributed by atoms with E-state index in [1.165, 1.54) is 17.1 Å². The normalized spacial score (nSPS) is 11.8. The molecular formula is C9H13N5O5. The molecule has 0 aromatic carbocycles. The summed E-state index contributed by atoms with van der Waals surface area (Å²) in [6.45, 7) is -0.0718. The predicted molar refractivity (Wildman–Crippen MR) is 61.7 cm³/mol. The van der Waals surface area contributed by atoms with Gasteiger partial charge in [-0.15, -0.1) is 0 Å². The molecule has 0 aliphatic rings. The van der Waals surface area contributed by atoms with Crippen molar-refractivity contribution >= 4 is 17.6 Å². The third-order valence-electron chi connectivity index (χ3n) is 2.22. The van der Waals surface area contributed by atoms with Crippen LogP contribution in [0, 0.1) is 10.1 Å². The van der Waals surface area contributed by atoms with Gasteiger partial charge in [0.25, 0.3) is 0 Å². The summed E-state index contributed by atoms with van der Waals surface area (Å²) in [5.41, 5.74) is 4.80. The summed E-state index contributed by atoms with van der Waals surface area (Å²) >= 11 is 0. The number of aliphatic hydroxyl groups is 1. The Hall–Kier alpha value is -2.49. The van der Waals surface area contributed by atoms with Crippen LogP contribution in [0.1, 0.15) is 6.42 Å². The molecular weight excluding hydrogens is 258 g/mol. The van der Waals surface area contributed by atoms with Gasteiger partial charge in [-0.1, -0.05) is 0 Å². The van der Waals surface area contributed by atoms with E-state index >= 15 is 0 Å². The maximum atomic E-state index is 11.3. The van der Waals surface area contributed by atoms with Crippen molar-refractivity contribution in [1.82, 2.24) is 14.9 Å². The number of nitrogens with one attached hydrogen (secondary N) is 1. The number of aliphatic hydroxyl groups excluding tert-OH is 1. The molecule has 0 aliphatic carbocycles. The van der Waals surface area contributed by atoms with Gasteiger partial charge < -0.3 is 30.8 Å². The molecule has 1 atom stereocenters. The maximum Gasteiger partial charge on any atom is 0.381 e. The zero-order valence-corrected chi connectivity index (χ0v) is 9.85. The Kier molecular flexibility index (Phi) is 4.94. The molecule has 1 rings (SSSR count). The summed E-state index contributed by atoms with van der Waals surface area (Å²) < 4.78 is 1.39. The number of carbonyl (C=O) groups is 2. The van der Waals surface area contributed by atoms with E-state index in [4.69, 9.17) is 10.8 Å². The van der Waals surface area contributed by atoms with E-state index in [0.29, 0.717) is 0 Å². The highest BCUT2D eigenvalue weighted by molar-refractivity contribution is 5.80. The molecule has 0 radical (unpaired) electrons. The lowest BCUT2D eigenvalue weighted by Crippen LogP contribution is -2.40. The van der Waals surface area contributed by atoms with Crippen molar-refractivity contribution in [2.75, 3.05) is 6.54 Å². The van der Waals surface area contributed by atoms with Crippen molar-refractivity contribution in [3.05, 3.63) is 22.6 Å². The van der Waals surface area contributed by atoms with Gasteiger partial charge in [-0.05, 0) is 9.91 Å². The SMILES string of the molecule is NC(=O)C(O)CNC(=O)CCn1cnc([N+](=O)[O-])c1. The van der Waals surface area contributed by atoms with Gasteiger partial charge in [-0.25, -0.2) is 0 Å². The number of aryl methyl sites for hydroxylation is 1. The van der Waals surface area contributed by atoms with Gasteiger partial charge in [0.1, 0.15) is 12.3 Å². The second-order valence-electron chi connectivity index (χ2n) is 3.70. The zero-order valence-electron chi connectivity index (χ0n) is 9.85. The van der Waals surface area contributed by atoms with E-state index in [-0.39, 0.29) is 25.3 Å². The lowest BCUT2D eigenvalue weighted by Gasteiger charge is -2.08. The average Bonchev–Trinajstić information content (AvgIpc) is 2.82. The highest BCUT2D eigenvalue weighted by Gasteiger charge is 2.13. The van der Waals surface area contributed by atoms with Gasteiger partial charge in [0, 0.05) is 13.0 Å². The van der Waals surface area contributed by atoms with E-state index in [2.05, 4.69) is 10.3 Å². The Labute approximate surface area is 107 Å². The zero-order chi connectivity index (χ0) is 14.4. The van der Waals surface area contributed by atoms with Crippen LogP contribution in [-0.2, 0) is 16.1 Å². The monoisotopic (exact) mass is 271 g/mol.